The summed E-state index contributed by atoms with van der Waals surface area (Å²) in [4.78, 5) is 23.2. The van der Waals surface area contributed by atoms with Gasteiger partial charge < -0.3 is 4.90 Å². The molecule has 1 aliphatic heterocycles. The summed E-state index contributed by atoms with van der Waals surface area (Å²) in [5, 5.41) is 2.99. The maximum Gasteiger partial charge on any atom is 0.231 e. The van der Waals surface area contributed by atoms with E-state index in [9.17, 15) is 4.79 Å². The molecular weight excluding hydrogens is 318 g/mol. The lowest BCUT2D eigenvalue weighted by Crippen LogP contribution is -2.33. The maximum absolute atomic E-state index is 12.4. The third kappa shape index (κ3) is 2.41. The summed E-state index contributed by atoms with van der Waals surface area (Å²) in [5.41, 5.74) is 5.09. The number of aromatic nitrogens is 2. The van der Waals surface area contributed by atoms with Crippen molar-refractivity contribution in [2.75, 3.05) is 4.90 Å². The predicted molar refractivity (Wildman–Crippen MR) is 97.1 cm³/mol. The Morgan fingerprint density at radius 1 is 1.21 bits per heavy atom. The molecule has 3 heterocycles. The average molecular weight is 335 g/mol. The van der Waals surface area contributed by atoms with Crippen LogP contribution in [0.25, 0.3) is 21.8 Å². The molecule has 120 valence electrons. The molecule has 4 rings (SSSR count). The molecule has 3 aromatic rings. The predicted octanol–water partition coefficient (Wildman–Crippen LogP) is 4.17. The molecule has 4 nitrogen and oxygen atoms in total. The molecule has 0 aliphatic carbocycles. The van der Waals surface area contributed by atoms with Crippen LogP contribution in [0, 0.1) is 0 Å². The van der Waals surface area contributed by atoms with Crippen molar-refractivity contribution >= 4 is 22.9 Å². The van der Waals surface area contributed by atoms with Crippen molar-refractivity contribution in [1.82, 2.24) is 9.97 Å². The number of benzene rings is 1. The Bertz CT molecular complexity index is 902. The summed E-state index contributed by atoms with van der Waals surface area (Å²) in [6.45, 7) is 4.09. The molecule has 0 saturated heterocycles. The van der Waals surface area contributed by atoms with E-state index in [1.54, 1.807) is 17.5 Å². The molecule has 2 aromatic heterocycles. The minimum absolute atomic E-state index is 0.163. The highest BCUT2D eigenvalue weighted by molar-refractivity contribution is 7.13. The van der Waals surface area contributed by atoms with Crippen LogP contribution in [0.3, 0.4) is 0 Å². The molecule has 1 aromatic carbocycles. The summed E-state index contributed by atoms with van der Waals surface area (Å²) in [6, 6.07) is 10.2. The number of rotatable bonds is 3. The smallest absolute Gasteiger partial charge is 0.231 e. The standard InChI is InChI=1S/C19H17N3OS/c1-12(2)22-17-7-3-6-14(15(17)9-18(22)23)19-21-16(11-24-19)13-5-4-8-20-10-13/h3-8,10-12H,9H2,1-2H3. The molecule has 1 amide bonds. The fourth-order valence-corrected chi connectivity index (χ4v) is 4.05. The Hall–Kier alpha value is -2.53. The Labute approximate surface area is 144 Å². The van der Waals surface area contributed by atoms with Crippen molar-refractivity contribution in [1.29, 1.82) is 0 Å². The maximum atomic E-state index is 12.4. The van der Waals surface area contributed by atoms with E-state index >= 15 is 0 Å². The summed E-state index contributed by atoms with van der Waals surface area (Å²) < 4.78 is 0. The molecule has 0 radical (unpaired) electrons. The molecular formula is C19H17N3OS. The van der Waals surface area contributed by atoms with Crippen molar-refractivity contribution in [3.8, 4) is 21.8 Å². The largest absolute Gasteiger partial charge is 0.309 e. The number of hydrogen-bond donors (Lipinski definition) is 0. The third-order valence-corrected chi connectivity index (χ3v) is 5.09. The molecule has 0 fully saturated rings. The lowest BCUT2D eigenvalue weighted by molar-refractivity contribution is -0.117. The Morgan fingerprint density at radius 2 is 2.08 bits per heavy atom. The van der Waals surface area contributed by atoms with E-state index in [0.717, 1.165) is 33.1 Å². The molecule has 0 atom stereocenters. The normalized spacial score (nSPS) is 13.6. The van der Waals surface area contributed by atoms with Crippen LogP contribution in [0.2, 0.25) is 0 Å². The number of pyridine rings is 1. The van der Waals surface area contributed by atoms with Gasteiger partial charge in [0.1, 0.15) is 5.01 Å². The topological polar surface area (TPSA) is 46.1 Å². The Balaban J connectivity index is 1.78. The summed E-state index contributed by atoms with van der Waals surface area (Å²) in [5.74, 6) is 0.163. The van der Waals surface area contributed by atoms with Crippen LogP contribution in [0.15, 0.2) is 48.1 Å². The fourth-order valence-electron chi connectivity index (χ4n) is 3.17. The van der Waals surface area contributed by atoms with Gasteiger partial charge in [0, 0.05) is 40.6 Å². The average Bonchev–Trinajstić information content (AvgIpc) is 3.19. The fraction of sp³-hybridized carbons (Fsp3) is 0.211. The van der Waals surface area contributed by atoms with Gasteiger partial charge in [-0.1, -0.05) is 12.1 Å². The number of thiazole rings is 1. The summed E-state index contributed by atoms with van der Waals surface area (Å²) in [6.07, 6.45) is 4.02. The van der Waals surface area contributed by atoms with Crippen LogP contribution in [0.5, 0.6) is 0 Å². The lowest BCUT2D eigenvalue weighted by Gasteiger charge is -2.22. The first-order valence-corrected chi connectivity index (χ1v) is 8.83. The number of fused-ring (bicyclic) bond motifs is 1. The molecule has 0 unspecified atom stereocenters. The zero-order valence-electron chi connectivity index (χ0n) is 13.6. The van der Waals surface area contributed by atoms with Crippen LogP contribution >= 0.6 is 11.3 Å². The zero-order chi connectivity index (χ0) is 16.7. The number of anilines is 1. The number of carbonyl (C=O) groups is 1. The van der Waals surface area contributed by atoms with Gasteiger partial charge in [0.05, 0.1) is 12.1 Å². The molecule has 24 heavy (non-hydrogen) atoms. The second-order valence-electron chi connectivity index (χ2n) is 6.12. The van der Waals surface area contributed by atoms with E-state index in [0.29, 0.717) is 6.42 Å². The van der Waals surface area contributed by atoms with Crippen molar-refractivity contribution in [3.63, 3.8) is 0 Å². The van der Waals surface area contributed by atoms with Gasteiger partial charge in [-0.3, -0.25) is 9.78 Å². The van der Waals surface area contributed by atoms with Crippen LogP contribution in [-0.2, 0) is 11.2 Å². The minimum atomic E-state index is 0.163. The van der Waals surface area contributed by atoms with E-state index in [-0.39, 0.29) is 11.9 Å². The molecule has 1 aliphatic rings. The van der Waals surface area contributed by atoms with E-state index in [2.05, 4.69) is 11.1 Å². The number of hydrogen-bond acceptors (Lipinski definition) is 4. The lowest BCUT2D eigenvalue weighted by atomic mass is 10.1. The minimum Gasteiger partial charge on any atom is -0.309 e. The highest BCUT2D eigenvalue weighted by Gasteiger charge is 2.31. The second kappa shape index (κ2) is 5.83. The van der Waals surface area contributed by atoms with Crippen molar-refractivity contribution in [2.45, 2.75) is 26.3 Å². The highest BCUT2D eigenvalue weighted by atomic mass is 32.1. The van der Waals surface area contributed by atoms with Crippen LogP contribution in [0.1, 0.15) is 19.4 Å². The third-order valence-electron chi connectivity index (χ3n) is 4.22. The Kier molecular flexibility index (Phi) is 3.65. The second-order valence-corrected chi connectivity index (χ2v) is 6.98. The van der Waals surface area contributed by atoms with Gasteiger partial charge in [0.2, 0.25) is 5.91 Å². The number of carbonyl (C=O) groups excluding carboxylic acids is 1. The van der Waals surface area contributed by atoms with Gasteiger partial charge in [0.25, 0.3) is 0 Å². The molecule has 0 spiro atoms. The molecule has 0 bridgehead atoms. The first-order valence-electron chi connectivity index (χ1n) is 7.95. The molecule has 5 heteroatoms. The van der Waals surface area contributed by atoms with Gasteiger partial charge in [-0.2, -0.15) is 0 Å². The van der Waals surface area contributed by atoms with Gasteiger partial charge >= 0.3 is 0 Å². The molecule has 0 saturated carbocycles. The first kappa shape index (κ1) is 15.0. The first-order chi connectivity index (χ1) is 11.6. The summed E-state index contributed by atoms with van der Waals surface area (Å²) >= 11 is 1.61. The van der Waals surface area contributed by atoms with E-state index < -0.39 is 0 Å². The number of nitrogens with zero attached hydrogens (tertiary/aromatic N) is 3. The van der Waals surface area contributed by atoms with Crippen molar-refractivity contribution in [2.24, 2.45) is 0 Å². The summed E-state index contributed by atoms with van der Waals surface area (Å²) in [7, 11) is 0. The Morgan fingerprint density at radius 3 is 2.83 bits per heavy atom. The quantitative estimate of drug-likeness (QED) is 0.722. The highest BCUT2D eigenvalue weighted by Crippen LogP contribution is 2.39. The molecule has 0 N–H and O–H groups in total. The van der Waals surface area contributed by atoms with Gasteiger partial charge in [-0.05, 0) is 37.6 Å². The van der Waals surface area contributed by atoms with Gasteiger partial charge in [-0.25, -0.2) is 4.98 Å². The monoisotopic (exact) mass is 335 g/mol. The number of amides is 1. The van der Waals surface area contributed by atoms with Crippen molar-refractivity contribution in [3.05, 3.63) is 53.7 Å². The van der Waals surface area contributed by atoms with E-state index in [1.807, 2.05) is 54.6 Å². The van der Waals surface area contributed by atoms with Gasteiger partial charge in [0.15, 0.2) is 0 Å². The van der Waals surface area contributed by atoms with Crippen LogP contribution in [-0.4, -0.2) is 21.9 Å². The SMILES string of the molecule is CC(C)N1C(=O)Cc2c(-c3nc(-c4cccnc4)cs3)cccc21. The van der Waals surface area contributed by atoms with Crippen LogP contribution in [0.4, 0.5) is 5.69 Å². The van der Waals surface area contributed by atoms with Crippen LogP contribution < -0.4 is 4.90 Å². The van der Waals surface area contributed by atoms with Gasteiger partial charge in [-0.15, -0.1) is 11.3 Å². The van der Waals surface area contributed by atoms with E-state index in [4.69, 9.17) is 4.98 Å². The van der Waals surface area contributed by atoms with Crippen molar-refractivity contribution < 1.29 is 4.79 Å². The van der Waals surface area contributed by atoms with E-state index in [1.165, 1.54) is 0 Å². The zero-order valence-corrected chi connectivity index (χ0v) is 14.4.